The SMILES string of the molecule is N#CC1CCCN1C(=O)CNC12CC3CC(CC(Cl)(C3)C1)C2. The highest BCUT2D eigenvalue weighted by atomic mass is 35.5. The van der Waals surface area contributed by atoms with Crippen LogP contribution in [-0.2, 0) is 4.79 Å². The number of rotatable bonds is 3. The molecule has 120 valence electrons. The van der Waals surface area contributed by atoms with Crippen molar-refractivity contribution in [2.24, 2.45) is 11.8 Å². The second kappa shape index (κ2) is 5.11. The monoisotopic (exact) mass is 321 g/mol. The van der Waals surface area contributed by atoms with Crippen LogP contribution in [-0.4, -0.2) is 40.4 Å². The molecule has 4 saturated carbocycles. The molecule has 5 aliphatic rings. The highest BCUT2D eigenvalue weighted by molar-refractivity contribution is 6.24. The zero-order chi connectivity index (χ0) is 15.4. The fourth-order valence-corrected chi connectivity index (χ4v) is 6.61. The molecule has 1 amide bonds. The maximum Gasteiger partial charge on any atom is 0.237 e. The maximum atomic E-state index is 12.5. The third-order valence-electron chi connectivity index (χ3n) is 6.33. The zero-order valence-electron chi connectivity index (χ0n) is 13.0. The first kappa shape index (κ1) is 14.8. The molecule has 3 unspecified atom stereocenters. The smallest absolute Gasteiger partial charge is 0.237 e. The predicted octanol–water partition coefficient (Wildman–Crippen LogP) is 2.42. The van der Waals surface area contributed by atoms with E-state index in [2.05, 4.69) is 11.4 Å². The standard InChI is InChI=1S/C17H24ClN3O/c18-16-5-12-4-13(6-16)8-17(7-12,11-16)20-10-15(22)21-3-1-2-14(21)9-19/h12-14,20H,1-8,10-11H2. The van der Waals surface area contributed by atoms with Gasteiger partial charge >= 0.3 is 0 Å². The van der Waals surface area contributed by atoms with E-state index in [0.29, 0.717) is 6.54 Å². The van der Waals surface area contributed by atoms with Gasteiger partial charge in [-0.05, 0) is 63.2 Å². The summed E-state index contributed by atoms with van der Waals surface area (Å²) in [5.74, 6) is 1.56. The van der Waals surface area contributed by atoms with Gasteiger partial charge < -0.3 is 10.2 Å². The molecule has 3 atom stereocenters. The molecule has 0 aromatic heterocycles. The summed E-state index contributed by atoms with van der Waals surface area (Å²) >= 11 is 6.83. The second-order valence-electron chi connectivity index (χ2n) is 8.12. The average Bonchev–Trinajstić information content (AvgIpc) is 2.90. The molecule has 0 aromatic carbocycles. The van der Waals surface area contributed by atoms with Crippen molar-refractivity contribution in [2.45, 2.75) is 67.8 Å². The Hall–Kier alpha value is -0.790. The minimum atomic E-state index is -0.218. The summed E-state index contributed by atoms with van der Waals surface area (Å²) in [5, 5.41) is 12.7. The van der Waals surface area contributed by atoms with Gasteiger partial charge in [0.15, 0.2) is 0 Å². The Morgan fingerprint density at radius 1 is 1.32 bits per heavy atom. The lowest BCUT2D eigenvalue weighted by atomic mass is 9.52. The highest BCUT2D eigenvalue weighted by Gasteiger charge is 2.57. The van der Waals surface area contributed by atoms with Crippen LogP contribution in [0.2, 0.25) is 0 Å². The molecular weight excluding hydrogens is 298 g/mol. The van der Waals surface area contributed by atoms with Crippen molar-refractivity contribution in [1.29, 1.82) is 5.26 Å². The van der Waals surface area contributed by atoms with E-state index in [9.17, 15) is 4.79 Å². The summed E-state index contributed by atoms with van der Waals surface area (Å²) in [6.07, 6.45) is 8.76. The first-order chi connectivity index (χ1) is 10.5. The molecular formula is C17H24ClN3O. The van der Waals surface area contributed by atoms with Gasteiger partial charge in [-0.3, -0.25) is 4.79 Å². The average molecular weight is 322 g/mol. The summed E-state index contributed by atoms with van der Waals surface area (Å²) in [7, 11) is 0. The molecule has 1 aliphatic heterocycles. The number of likely N-dealkylation sites (tertiary alicyclic amines) is 1. The number of hydrogen-bond acceptors (Lipinski definition) is 3. The molecule has 0 aromatic rings. The van der Waals surface area contributed by atoms with Crippen LogP contribution in [0.5, 0.6) is 0 Å². The molecule has 1 heterocycles. The van der Waals surface area contributed by atoms with Crippen molar-refractivity contribution >= 4 is 17.5 Å². The Kier molecular flexibility index (Phi) is 3.43. The number of nitriles is 1. The number of halogens is 1. The molecule has 5 fully saturated rings. The highest BCUT2D eigenvalue weighted by Crippen LogP contribution is 2.59. The Balaban J connectivity index is 1.41. The van der Waals surface area contributed by atoms with Gasteiger partial charge in [0.05, 0.1) is 12.6 Å². The summed E-state index contributed by atoms with van der Waals surface area (Å²) in [6, 6.07) is 2.03. The van der Waals surface area contributed by atoms with Crippen LogP contribution in [0, 0.1) is 23.2 Å². The molecule has 22 heavy (non-hydrogen) atoms. The van der Waals surface area contributed by atoms with E-state index in [1.165, 1.54) is 19.3 Å². The lowest BCUT2D eigenvalue weighted by Crippen LogP contribution is -2.64. The molecule has 4 bridgehead atoms. The number of carbonyl (C=O) groups is 1. The van der Waals surface area contributed by atoms with Crippen LogP contribution >= 0.6 is 11.6 Å². The van der Waals surface area contributed by atoms with Crippen LogP contribution in [0.15, 0.2) is 0 Å². The normalized spacial score (nSPS) is 46.0. The van der Waals surface area contributed by atoms with Gasteiger partial charge in [-0.25, -0.2) is 0 Å². The number of alkyl halides is 1. The third kappa shape index (κ3) is 2.43. The molecule has 5 rings (SSSR count). The topological polar surface area (TPSA) is 56.1 Å². The summed E-state index contributed by atoms with van der Waals surface area (Å²) in [6.45, 7) is 1.10. The van der Waals surface area contributed by atoms with E-state index >= 15 is 0 Å². The Labute approximate surface area is 137 Å². The van der Waals surface area contributed by atoms with E-state index in [1.54, 1.807) is 4.90 Å². The van der Waals surface area contributed by atoms with Gasteiger partial charge in [0.1, 0.15) is 6.04 Å². The van der Waals surface area contributed by atoms with Crippen LogP contribution in [0.4, 0.5) is 0 Å². The van der Waals surface area contributed by atoms with Crippen molar-refractivity contribution in [2.75, 3.05) is 13.1 Å². The molecule has 0 spiro atoms. The number of nitrogens with one attached hydrogen (secondary N) is 1. The van der Waals surface area contributed by atoms with Gasteiger partial charge in [0.2, 0.25) is 5.91 Å². The van der Waals surface area contributed by atoms with Crippen LogP contribution in [0.25, 0.3) is 0 Å². The van der Waals surface area contributed by atoms with Crippen LogP contribution in [0.3, 0.4) is 0 Å². The van der Waals surface area contributed by atoms with E-state index in [-0.39, 0.29) is 22.4 Å². The van der Waals surface area contributed by atoms with E-state index < -0.39 is 0 Å². The Morgan fingerprint density at radius 3 is 2.68 bits per heavy atom. The van der Waals surface area contributed by atoms with E-state index in [1.807, 2.05) is 0 Å². The number of hydrogen-bond donors (Lipinski definition) is 1. The lowest BCUT2D eigenvalue weighted by molar-refractivity contribution is -0.131. The van der Waals surface area contributed by atoms with Crippen molar-refractivity contribution in [1.82, 2.24) is 10.2 Å². The summed E-state index contributed by atoms with van der Waals surface area (Å²) in [4.78, 5) is 14.2. The number of amides is 1. The van der Waals surface area contributed by atoms with Gasteiger partial charge in [-0.1, -0.05) is 0 Å². The van der Waals surface area contributed by atoms with Gasteiger partial charge in [-0.15, -0.1) is 11.6 Å². The minimum absolute atomic E-state index is 0.0248. The van der Waals surface area contributed by atoms with Gasteiger partial charge in [0, 0.05) is 17.0 Å². The molecule has 0 radical (unpaired) electrons. The molecule has 5 heteroatoms. The van der Waals surface area contributed by atoms with Crippen LogP contribution < -0.4 is 5.32 Å². The molecule has 1 N–H and O–H groups in total. The molecule has 4 aliphatic carbocycles. The second-order valence-corrected chi connectivity index (χ2v) is 8.92. The molecule has 4 nitrogen and oxygen atoms in total. The van der Waals surface area contributed by atoms with E-state index in [0.717, 1.165) is 50.5 Å². The van der Waals surface area contributed by atoms with Crippen molar-refractivity contribution < 1.29 is 4.79 Å². The Bertz CT molecular complexity index is 514. The van der Waals surface area contributed by atoms with Crippen molar-refractivity contribution in [3.63, 3.8) is 0 Å². The first-order valence-electron chi connectivity index (χ1n) is 8.64. The summed E-state index contributed by atoms with van der Waals surface area (Å²) < 4.78 is 0. The fourth-order valence-electron chi connectivity index (χ4n) is 5.92. The fraction of sp³-hybridized carbons (Fsp3) is 0.882. The Morgan fingerprint density at radius 2 is 2.05 bits per heavy atom. The summed E-state index contributed by atoms with van der Waals surface area (Å²) in [5.41, 5.74) is 0.0728. The predicted molar refractivity (Wildman–Crippen MR) is 84.3 cm³/mol. The quantitative estimate of drug-likeness (QED) is 0.812. The van der Waals surface area contributed by atoms with Gasteiger partial charge in [0.25, 0.3) is 0 Å². The zero-order valence-corrected chi connectivity index (χ0v) is 13.7. The largest absolute Gasteiger partial charge is 0.326 e. The molecule has 1 saturated heterocycles. The lowest BCUT2D eigenvalue weighted by Gasteiger charge is -2.60. The van der Waals surface area contributed by atoms with Gasteiger partial charge in [-0.2, -0.15) is 5.26 Å². The number of carbonyl (C=O) groups excluding carboxylic acids is 1. The van der Waals surface area contributed by atoms with Crippen molar-refractivity contribution in [3.05, 3.63) is 0 Å². The minimum Gasteiger partial charge on any atom is -0.326 e. The first-order valence-corrected chi connectivity index (χ1v) is 9.02. The van der Waals surface area contributed by atoms with Crippen LogP contribution in [0.1, 0.15) is 51.4 Å². The number of nitrogens with zero attached hydrogens (tertiary/aromatic N) is 2. The maximum absolute atomic E-state index is 12.5. The van der Waals surface area contributed by atoms with Crippen molar-refractivity contribution in [3.8, 4) is 6.07 Å². The van der Waals surface area contributed by atoms with E-state index in [4.69, 9.17) is 16.9 Å². The third-order valence-corrected chi connectivity index (χ3v) is 6.77.